The molecular formula is C17H21N7O. The van der Waals surface area contributed by atoms with Crippen LogP contribution in [0.2, 0.25) is 0 Å². The lowest BCUT2D eigenvalue weighted by atomic mass is 10.2. The van der Waals surface area contributed by atoms with Crippen LogP contribution in [0.25, 0.3) is 11.0 Å². The van der Waals surface area contributed by atoms with E-state index < -0.39 is 0 Å². The predicted octanol–water partition coefficient (Wildman–Crippen LogP) is 2.11. The Morgan fingerprint density at radius 3 is 2.80 bits per heavy atom. The summed E-state index contributed by atoms with van der Waals surface area (Å²) in [6.45, 7) is 4.10. The topological polar surface area (TPSA) is 91.7 Å². The minimum atomic E-state index is -0.211. The molecule has 0 bridgehead atoms. The number of amides is 1. The summed E-state index contributed by atoms with van der Waals surface area (Å²) in [5, 5.41) is 15.3. The number of aryl methyl sites for hydroxylation is 2. The first-order valence-electron chi connectivity index (χ1n) is 8.59. The first-order chi connectivity index (χ1) is 12.2. The van der Waals surface area contributed by atoms with Crippen LogP contribution in [-0.2, 0) is 13.5 Å². The van der Waals surface area contributed by atoms with Crippen LogP contribution in [-0.4, -0.2) is 44.0 Å². The second-order valence-corrected chi connectivity index (χ2v) is 6.27. The van der Waals surface area contributed by atoms with Crippen molar-refractivity contribution in [1.29, 1.82) is 0 Å². The van der Waals surface area contributed by atoms with Crippen LogP contribution in [0.15, 0.2) is 18.3 Å². The van der Waals surface area contributed by atoms with Gasteiger partial charge in [-0.2, -0.15) is 10.2 Å². The predicted molar refractivity (Wildman–Crippen MR) is 95.9 cm³/mol. The zero-order valence-electron chi connectivity index (χ0n) is 14.4. The van der Waals surface area contributed by atoms with Crippen molar-refractivity contribution >= 4 is 28.6 Å². The minimum absolute atomic E-state index is 0.211. The highest BCUT2D eigenvalue weighted by atomic mass is 16.1. The molecule has 0 radical (unpaired) electrons. The zero-order valence-corrected chi connectivity index (χ0v) is 14.4. The molecule has 1 aliphatic rings. The fraction of sp³-hybridized carbons (Fsp3) is 0.412. The van der Waals surface area contributed by atoms with E-state index in [-0.39, 0.29) is 5.91 Å². The molecule has 4 heterocycles. The van der Waals surface area contributed by atoms with Gasteiger partial charge in [0.15, 0.2) is 5.65 Å². The molecule has 0 aliphatic carbocycles. The largest absolute Gasteiger partial charge is 0.357 e. The molecule has 1 aliphatic heterocycles. The van der Waals surface area contributed by atoms with Gasteiger partial charge >= 0.3 is 0 Å². The van der Waals surface area contributed by atoms with Gasteiger partial charge in [-0.25, -0.2) is 9.67 Å². The third-order valence-electron chi connectivity index (χ3n) is 4.63. The minimum Gasteiger partial charge on any atom is -0.357 e. The number of anilines is 2. The fourth-order valence-corrected chi connectivity index (χ4v) is 3.30. The van der Waals surface area contributed by atoms with Crippen LogP contribution in [0, 0.1) is 0 Å². The summed E-state index contributed by atoms with van der Waals surface area (Å²) in [5.74, 6) is 1.30. The second kappa shape index (κ2) is 6.19. The van der Waals surface area contributed by atoms with Crippen molar-refractivity contribution in [3.63, 3.8) is 0 Å². The molecule has 1 fully saturated rings. The van der Waals surface area contributed by atoms with Crippen LogP contribution in [0.5, 0.6) is 0 Å². The molecular weight excluding hydrogens is 318 g/mol. The van der Waals surface area contributed by atoms with Gasteiger partial charge in [-0.1, -0.05) is 6.92 Å². The molecule has 3 aromatic heterocycles. The SMILES string of the molecule is CCc1nn(C)c2n[nH]c(NC(=O)c3ccc(N4CCCC4)nc3)c12. The van der Waals surface area contributed by atoms with Gasteiger partial charge in [0, 0.05) is 26.3 Å². The highest BCUT2D eigenvalue weighted by Gasteiger charge is 2.18. The Kier molecular flexibility index (Phi) is 3.87. The van der Waals surface area contributed by atoms with Gasteiger partial charge in [0.1, 0.15) is 11.6 Å². The first-order valence-corrected chi connectivity index (χ1v) is 8.59. The molecule has 3 aromatic rings. The Hall–Kier alpha value is -2.90. The number of aromatic nitrogens is 5. The maximum absolute atomic E-state index is 12.6. The van der Waals surface area contributed by atoms with Gasteiger partial charge in [-0.05, 0) is 31.4 Å². The third-order valence-corrected chi connectivity index (χ3v) is 4.63. The third kappa shape index (κ3) is 2.73. The van der Waals surface area contributed by atoms with Crippen LogP contribution < -0.4 is 10.2 Å². The Morgan fingerprint density at radius 1 is 1.32 bits per heavy atom. The molecule has 0 atom stereocenters. The van der Waals surface area contributed by atoms with E-state index in [0.717, 1.165) is 42.1 Å². The van der Waals surface area contributed by atoms with E-state index in [4.69, 9.17) is 0 Å². The Balaban J connectivity index is 1.55. The van der Waals surface area contributed by atoms with Crippen LogP contribution in [0.1, 0.15) is 35.8 Å². The van der Waals surface area contributed by atoms with Gasteiger partial charge in [0.05, 0.1) is 16.6 Å². The Morgan fingerprint density at radius 2 is 2.12 bits per heavy atom. The van der Waals surface area contributed by atoms with Crippen molar-refractivity contribution in [2.75, 3.05) is 23.3 Å². The van der Waals surface area contributed by atoms with Crippen molar-refractivity contribution in [2.45, 2.75) is 26.2 Å². The van der Waals surface area contributed by atoms with E-state index >= 15 is 0 Å². The number of hydrogen-bond acceptors (Lipinski definition) is 5. The summed E-state index contributed by atoms with van der Waals surface area (Å²) in [7, 11) is 1.84. The van der Waals surface area contributed by atoms with Gasteiger partial charge in [-0.3, -0.25) is 9.89 Å². The molecule has 25 heavy (non-hydrogen) atoms. The standard InChI is InChI=1S/C17H21N7O/c1-3-12-14-15(20-21-16(14)23(2)22-12)19-17(25)11-6-7-13(18-10-11)24-8-4-5-9-24/h6-7,10H,3-5,8-9H2,1-2H3,(H2,19,20,21,25). The van der Waals surface area contributed by atoms with Gasteiger partial charge in [-0.15, -0.1) is 0 Å². The second-order valence-electron chi connectivity index (χ2n) is 6.27. The summed E-state index contributed by atoms with van der Waals surface area (Å²) in [5.41, 5.74) is 2.16. The number of pyridine rings is 1. The maximum atomic E-state index is 12.6. The molecule has 1 amide bonds. The quantitative estimate of drug-likeness (QED) is 0.759. The molecule has 0 unspecified atom stereocenters. The van der Waals surface area contributed by atoms with Crippen LogP contribution in [0.4, 0.5) is 11.6 Å². The van der Waals surface area contributed by atoms with E-state index in [0.29, 0.717) is 11.4 Å². The molecule has 8 nitrogen and oxygen atoms in total. The number of fused-ring (bicyclic) bond motifs is 1. The molecule has 130 valence electrons. The zero-order chi connectivity index (χ0) is 17.4. The lowest BCUT2D eigenvalue weighted by Gasteiger charge is -2.16. The van der Waals surface area contributed by atoms with Crippen molar-refractivity contribution in [3.05, 3.63) is 29.6 Å². The fourth-order valence-electron chi connectivity index (χ4n) is 3.30. The molecule has 2 N–H and O–H groups in total. The van der Waals surface area contributed by atoms with Gasteiger partial charge in [0.2, 0.25) is 0 Å². The number of aromatic amines is 1. The van der Waals surface area contributed by atoms with E-state index in [1.807, 2.05) is 26.1 Å². The smallest absolute Gasteiger partial charge is 0.258 e. The van der Waals surface area contributed by atoms with E-state index in [1.54, 1.807) is 10.9 Å². The number of nitrogens with one attached hydrogen (secondary N) is 2. The van der Waals surface area contributed by atoms with Crippen molar-refractivity contribution in [2.24, 2.45) is 7.05 Å². The molecule has 0 aromatic carbocycles. The number of H-pyrrole nitrogens is 1. The van der Waals surface area contributed by atoms with Crippen molar-refractivity contribution in [3.8, 4) is 0 Å². The lowest BCUT2D eigenvalue weighted by molar-refractivity contribution is 0.102. The molecule has 0 spiro atoms. The number of rotatable bonds is 4. The summed E-state index contributed by atoms with van der Waals surface area (Å²) >= 11 is 0. The summed E-state index contributed by atoms with van der Waals surface area (Å²) in [6, 6.07) is 3.72. The van der Waals surface area contributed by atoms with Crippen molar-refractivity contribution < 1.29 is 4.79 Å². The normalized spacial score (nSPS) is 14.4. The van der Waals surface area contributed by atoms with Gasteiger partial charge < -0.3 is 10.2 Å². The summed E-state index contributed by atoms with van der Waals surface area (Å²) in [6.07, 6.45) is 4.79. The van der Waals surface area contributed by atoms with Crippen LogP contribution in [0.3, 0.4) is 0 Å². The Bertz CT molecular complexity index is 903. The number of nitrogens with zero attached hydrogens (tertiary/aromatic N) is 5. The van der Waals surface area contributed by atoms with Crippen molar-refractivity contribution in [1.82, 2.24) is 25.0 Å². The Labute approximate surface area is 145 Å². The maximum Gasteiger partial charge on any atom is 0.258 e. The molecule has 8 heteroatoms. The molecule has 1 saturated heterocycles. The summed E-state index contributed by atoms with van der Waals surface area (Å²) in [4.78, 5) is 19.2. The number of hydrogen-bond donors (Lipinski definition) is 2. The van der Waals surface area contributed by atoms with E-state index in [1.165, 1.54) is 12.8 Å². The molecule has 4 rings (SSSR count). The van der Waals surface area contributed by atoms with E-state index in [9.17, 15) is 4.79 Å². The lowest BCUT2D eigenvalue weighted by Crippen LogP contribution is -2.19. The number of carbonyl (C=O) groups is 1. The van der Waals surface area contributed by atoms with E-state index in [2.05, 4.69) is 30.5 Å². The highest BCUT2D eigenvalue weighted by Crippen LogP contribution is 2.25. The average molecular weight is 339 g/mol. The monoisotopic (exact) mass is 339 g/mol. The average Bonchev–Trinajstić information content (AvgIpc) is 3.35. The number of carbonyl (C=O) groups excluding carboxylic acids is 1. The first kappa shape index (κ1) is 15.6. The highest BCUT2D eigenvalue weighted by molar-refractivity contribution is 6.07. The summed E-state index contributed by atoms with van der Waals surface area (Å²) < 4.78 is 1.72. The van der Waals surface area contributed by atoms with Crippen LogP contribution >= 0.6 is 0 Å². The van der Waals surface area contributed by atoms with Gasteiger partial charge in [0.25, 0.3) is 5.91 Å². The molecule has 0 saturated carbocycles.